The van der Waals surface area contributed by atoms with Crippen molar-refractivity contribution >= 4 is 23.6 Å². The summed E-state index contributed by atoms with van der Waals surface area (Å²) in [7, 11) is 0. The van der Waals surface area contributed by atoms with Crippen molar-refractivity contribution in [1.29, 1.82) is 0 Å². The van der Waals surface area contributed by atoms with Crippen molar-refractivity contribution in [3.63, 3.8) is 0 Å². The minimum absolute atomic E-state index is 0.0126. The summed E-state index contributed by atoms with van der Waals surface area (Å²) in [5.41, 5.74) is 1.03. The Hall–Kier alpha value is -3.22. The summed E-state index contributed by atoms with van der Waals surface area (Å²) in [5, 5.41) is 2.81. The van der Waals surface area contributed by atoms with Crippen LogP contribution in [0.1, 0.15) is 18.4 Å². The second-order valence-electron chi connectivity index (χ2n) is 6.29. The molecule has 0 spiro atoms. The third-order valence-electron chi connectivity index (χ3n) is 4.42. The zero-order valence-electron chi connectivity index (χ0n) is 15.1. The highest BCUT2D eigenvalue weighted by Crippen LogP contribution is 2.23. The van der Waals surface area contributed by atoms with Gasteiger partial charge in [0.15, 0.2) is 0 Å². The van der Waals surface area contributed by atoms with Crippen molar-refractivity contribution in [3.8, 4) is 5.75 Å². The van der Waals surface area contributed by atoms with Crippen LogP contribution < -0.4 is 10.1 Å². The first-order chi connectivity index (χ1) is 13.5. The molecule has 5 nitrogen and oxygen atoms in total. The maximum absolute atomic E-state index is 12.6. The van der Waals surface area contributed by atoms with Gasteiger partial charge in [-0.25, -0.2) is 0 Å². The lowest BCUT2D eigenvalue weighted by atomic mass is 10.1. The number of halogens is 2. The number of hydrogen-bond acceptors (Lipinski definition) is 3. The number of benzene rings is 2. The van der Waals surface area contributed by atoms with Crippen LogP contribution >= 0.6 is 0 Å². The van der Waals surface area contributed by atoms with E-state index in [9.17, 15) is 18.4 Å². The highest BCUT2D eigenvalue weighted by atomic mass is 19.3. The predicted molar refractivity (Wildman–Crippen MR) is 102 cm³/mol. The first-order valence-electron chi connectivity index (χ1n) is 8.93. The molecule has 1 aliphatic heterocycles. The molecule has 1 aliphatic rings. The number of nitrogens with zero attached hydrogens (tertiary/aromatic N) is 1. The fourth-order valence-electron chi connectivity index (χ4n) is 3.13. The molecule has 2 aromatic rings. The number of amides is 2. The third-order valence-corrected chi connectivity index (χ3v) is 4.42. The maximum Gasteiger partial charge on any atom is 0.387 e. The lowest BCUT2D eigenvalue weighted by molar-refractivity contribution is -0.132. The standard InChI is InChI=1S/C21H20F2N2O3/c22-21(23)28-18-11-5-4-7-15(18)12-13-19(26)25-14-6-10-17(25)20(27)24-16-8-2-1-3-9-16/h1-5,7-9,11-13,17,21H,6,10,14H2,(H,24,27)/b13-12+/t17-/m1/s1. The van der Waals surface area contributed by atoms with Crippen LogP contribution in [0.4, 0.5) is 14.5 Å². The molecule has 1 N–H and O–H groups in total. The number of likely N-dealkylation sites (tertiary alicyclic amines) is 1. The lowest BCUT2D eigenvalue weighted by Crippen LogP contribution is -2.42. The van der Waals surface area contributed by atoms with E-state index in [1.807, 2.05) is 18.2 Å². The van der Waals surface area contributed by atoms with Crippen LogP contribution in [0, 0.1) is 0 Å². The fourth-order valence-corrected chi connectivity index (χ4v) is 3.13. The van der Waals surface area contributed by atoms with Crippen molar-refractivity contribution in [3.05, 3.63) is 66.2 Å². The summed E-state index contributed by atoms with van der Waals surface area (Å²) in [5.74, 6) is -0.606. The van der Waals surface area contributed by atoms with E-state index in [1.165, 1.54) is 23.1 Å². The molecule has 7 heteroatoms. The maximum atomic E-state index is 12.6. The SMILES string of the molecule is O=C(Nc1ccccc1)[C@H]1CCCN1C(=O)/C=C/c1ccccc1OC(F)F. The van der Waals surface area contributed by atoms with Gasteiger partial charge in [0.25, 0.3) is 0 Å². The summed E-state index contributed by atoms with van der Waals surface area (Å²) in [4.78, 5) is 26.6. The number of ether oxygens (including phenoxy) is 1. The van der Waals surface area contributed by atoms with Gasteiger partial charge in [0, 0.05) is 23.9 Å². The number of carbonyl (C=O) groups excluding carboxylic acids is 2. The molecule has 3 rings (SSSR count). The molecule has 2 aromatic carbocycles. The summed E-state index contributed by atoms with van der Waals surface area (Å²) >= 11 is 0. The van der Waals surface area contributed by atoms with Crippen LogP contribution in [-0.4, -0.2) is 35.9 Å². The van der Waals surface area contributed by atoms with E-state index in [-0.39, 0.29) is 17.6 Å². The zero-order valence-corrected chi connectivity index (χ0v) is 15.1. The van der Waals surface area contributed by atoms with Gasteiger partial charge in [0.1, 0.15) is 11.8 Å². The number of rotatable bonds is 6. The number of carbonyl (C=O) groups is 2. The van der Waals surface area contributed by atoms with Crippen molar-refractivity contribution in [1.82, 2.24) is 4.90 Å². The van der Waals surface area contributed by atoms with Crippen LogP contribution in [0.3, 0.4) is 0 Å². The molecule has 0 aromatic heterocycles. The van der Waals surface area contributed by atoms with E-state index in [0.717, 1.165) is 6.42 Å². The van der Waals surface area contributed by atoms with Gasteiger partial charge in [-0.15, -0.1) is 0 Å². The summed E-state index contributed by atoms with van der Waals surface area (Å²) in [6, 6.07) is 14.7. The van der Waals surface area contributed by atoms with Crippen LogP contribution in [0.15, 0.2) is 60.7 Å². The average molecular weight is 386 g/mol. The molecule has 0 saturated carbocycles. The summed E-state index contributed by atoms with van der Waals surface area (Å²) in [6.07, 6.45) is 3.99. The Morgan fingerprint density at radius 2 is 1.82 bits per heavy atom. The monoisotopic (exact) mass is 386 g/mol. The highest BCUT2D eigenvalue weighted by Gasteiger charge is 2.33. The van der Waals surface area contributed by atoms with Crippen molar-refractivity contribution in [2.45, 2.75) is 25.5 Å². The van der Waals surface area contributed by atoms with E-state index < -0.39 is 12.7 Å². The van der Waals surface area contributed by atoms with Crippen LogP contribution in [0.25, 0.3) is 6.08 Å². The Bertz CT molecular complexity index is 856. The smallest absolute Gasteiger partial charge is 0.387 e. The van der Waals surface area contributed by atoms with Gasteiger partial charge >= 0.3 is 6.61 Å². The number of alkyl halides is 2. The Balaban J connectivity index is 1.68. The first-order valence-corrected chi connectivity index (χ1v) is 8.93. The Morgan fingerprint density at radius 1 is 1.11 bits per heavy atom. The molecule has 0 bridgehead atoms. The summed E-state index contributed by atoms with van der Waals surface area (Å²) < 4.78 is 29.5. The molecular formula is C21H20F2N2O3. The van der Waals surface area contributed by atoms with Gasteiger partial charge in [-0.3, -0.25) is 9.59 Å². The van der Waals surface area contributed by atoms with E-state index in [1.54, 1.807) is 30.3 Å². The largest absolute Gasteiger partial charge is 0.434 e. The molecule has 1 heterocycles. The van der Waals surface area contributed by atoms with E-state index in [0.29, 0.717) is 24.2 Å². The molecule has 28 heavy (non-hydrogen) atoms. The van der Waals surface area contributed by atoms with Gasteiger partial charge < -0.3 is 15.0 Å². The van der Waals surface area contributed by atoms with E-state index in [4.69, 9.17) is 0 Å². The van der Waals surface area contributed by atoms with E-state index in [2.05, 4.69) is 10.1 Å². The molecule has 0 aliphatic carbocycles. The molecule has 0 radical (unpaired) electrons. The molecule has 1 fully saturated rings. The number of hydrogen-bond donors (Lipinski definition) is 1. The fraction of sp³-hybridized carbons (Fsp3) is 0.238. The highest BCUT2D eigenvalue weighted by molar-refractivity contribution is 6.00. The van der Waals surface area contributed by atoms with Gasteiger partial charge in [0.2, 0.25) is 11.8 Å². The zero-order chi connectivity index (χ0) is 19.9. The van der Waals surface area contributed by atoms with Gasteiger partial charge in [-0.1, -0.05) is 36.4 Å². The number of nitrogens with one attached hydrogen (secondary N) is 1. The first kappa shape index (κ1) is 19.5. The molecule has 0 unspecified atom stereocenters. The summed E-state index contributed by atoms with van der Waals surface area (Å²) in [6.45, 7) is -2.49. The predicted octanol–water partition coefficient (Wildman–Crippen LogP) is 3.93. The Kier molecular flexibility index (Phi) is 6.37. The van der Waals surface area contributed by atoms with Crippen LogP contribution in [0.2, 0.25) is 0 Å². The minimum atomic E-state index is -2.95. The van der Waals surface area contributed by atoms with Crippen LogP contribution in [0.5, 0.6) is 5.75 Å². The second kappa shape index (κ2) is 9.12. The molecular weight excluding hydrogens is 366 g/mol. The van der Waals surface area contributed by atoms with Crippen molar-refractivity contribution < 1.29 is 23.1 Å². The van der Waals surface area contributed by atoms with Crippen molar-refractivity contribution in [2.75, 3.05) is 11.9 Å². The second-order valence-corrected chi connectivity index (χ2v) is 6.29. The van der Waals surface area contributed by atoms with Gasteiger partial charge in [-0.05, 0) is 37.1 Å². The number of anilines is 1. The topological polar surface area (TPSA) is 58.6 Å². The van der Waals surface area contributed by atoms with E-state index >= 15 is 0 Å². The minimum Gasteiger partial charge on any atom is -0.434 e. The number of para-hydroxylation sites is 2. The average Bonchev–Trinajstić information content (AvgIpc) is 3.17. The molecule has 2 amide bonds. The van der Waals surface area contributed by atoms with Gasteiger partial charge in [0.05, 0.1) is 0 Å². The Morgan fingerprint density at radius 3 is 2.57 bits per heavy atom. The lowest BCUT2D eigenvalue weighted by Gasteiger charge is -2.22. The molecule has 146 valence electrons. The van der Waals surface area contributed by atoms with Gasteiger partial charge in [-0.2, -0.15) is 8.78 Å². The Labute approximate surface area is 161 Å². The van der Waals surface area contributed by atoms with Crippen molar-refractivity contribution in [2.24, 2.45) is 0 Å². The normalized spacial score (nSPS) is 16.5. The quantitative estimate of drug-likeness (QED) is 0.766. The third kappa shape index (κ3) is 4.94. The molecule has 1 saturated heterocycles. The molecule has 1 atom stereocenters. The van der Waals surface area contributed by atoms with Crippen LogP contribution in [-0.2, 0) is 9.59 Å².